The van der Waals surface area contributed by atoms with Gasteiger partial charge in [0.15, 0.2) is 0 Å². The zero-order valence-electron chi connectivity index (χ0n) is 11.8. The predicted octanol–water partition coefficient (Wildman–Crippen LogP) is -8.78. The van der Waals surface area contributed by atoms with E-state index in [2.05, 4.69) is 85.2 Å². The molecule has 0 aliphatic heterocycles. The standard InChI is InChI=1S/C4H8N2S4.C3H7NS2.3Na/c7-3(8)5-1-2-6-4(9)10;1-4(2)3(5)6;;;/h1-2H2,(H2,5,7,8)(H2,6,9,10);1-2H3,(H,5,6);;;/q;;3*+1/p-3. The molecule has 0 aliphatic rings. The predicted molar refractivity (Wildman–Crippen MR) is 89.6 cm³/mol. The molecule has 12 heteroatoms. The Bertz CT molecular complexity index is 238. The summed E-state index contributed by atoms with van der Waals surface area (Å²) in [6.45, 7) is 1.33. The maximum atomic E-state index is 4.59. The normalized spacial score (nSPS) is 6.84. The summed E-state index contributed by atoms with van der Waals surface area (Å²) < 4.78 is 1.25. The van der Waals surface area contributed by atoms with Gasteiger partial charge in [-0.3, -0.25) is 0 Å². The Morgan fingerprint density at radius 2 is 1.05 bits per heavy atom. The molecular weight excluding hydrogens is 387 g/mol. The number of hydrogen-bond donors (Lipinski definition) is 2. The molecule has 3 nitrogen and oxygen atoms in total. The van der Waals surface area contributed by atoms with Gasteiger partial charge in [-0.1, -0.05) is 13.0 Å². The van der Waals surface area contributed by atoms with E-state index in [-0.39, 0.29) is 88.7 Å². The topological polar surface area (TPSA) is 27.3 Å². The van der Waals surface area contributed by atoms with E-state index in [0.29, 0.717) is 26.1 Å². The van der Waals surface area contributed by atoms with Crippen molar-refractivity contribution in [3.63, 3.8) is 0 Å². The maximum Gasteiger partial charge on any atom is 1.00 e. The van der Waals surface area contributed by atoms with Crippen LogP contribution in [0.3, 0.4) is 0 Å². The summed E-state index contributed by atoms with van der Waals surface area (Å²) in [7, 11) is 3.66. The minimum Gasteiger partial charge on any atom is -0.412 e. The number of thiocarbonyl (C=S) groups is 3. The van der Waals surface area contributed by atoms with Crippen LogP contribution in [0.4, 0.5) is 0 Å². The van der Waals surface area contributed by atoms with E-state index in [1.807, 2.05) is 14.1 Å². The van der Waals surface area contributed by atoms with Crippen molar-refractivity contribution in [2.24, 2.45) is 0 Å². The summed E-state index contributed by atoms with van der Waals surface area (Å²) >= 11 is 27.5. The Morgan fingerprint density at radius 3 is 1.16 bits per heavy atom. The molecule has 0 aromatic carbocycles. The van der Waals surface area contributed by atoms with Gasteiger partial charge < -0.3 is 90.1 Å². The summed E-state index contributed by atoms with van der Waals surface area (Å²) in [6, 6.07) is 0. The fourth-order valence-corrected chi connectivity index (χ4v) is 0.737. The van der Waals surface area contributed by atoms with Gasteiger partial charge in [-0.15, -0.1) is 0 Å². The minimum atomic E-state index is 0. The van der Waals surface area contributed by atoms with Gasteiger partial charge in [0.2, 0.25) is 0 Å². The zero-order chi connectivity index (χ0) is 13.1. The third kappa shape index (κ3) is 38.8. The molecular formula is C7H12N3Na3S6. The SMILES string of the molecule is CN(C)C(=S)[S-].S=C([S-])NCCNC(=S)[S-].[Na+].[Na+].[Na+]. The smallest absolute Gasteiger partial charge is 0.412 e. The van der Waals surface area contributed by atoms with Crippen LogP contribution in [-0.4, -0.2) is 45.0 Å². The molecule has 0 bridgehead atoms. The first-order valence-corrected chi connectivity index (χ1v) is 6.50. The van der Waals surface area contributed by atoms with Crippen LogP contribution in [0.5, 0.6) is 0 Å². The molecule has 0 radical (unpaired) electrons. The van der Waals surface area contributed by atoms with E-state index in [0.717, 1.165) is 0 Å². The van der Waals surface area contributed by atoms with Gasteiger partial charge in [-0.25, -0.2) is 0 Å². The molecule has 0 unspecified atom stereocenters. The Labute approximate surface area is 215 Å². The van der Waals surface area contributed by atoms with Crippen LogP contribution in [0.25, 0.3) is 0 Å². The molecule has 0 saturated carbocycles. The van der Waals surface area contributed by atoms with Crippen molar-refractivity contribution in [3.8, 4) is 0 Å². The van der Waals surface area contributed by atoms with E-state index in [4.69, 9.17) is 0 Å². The largest absolute Gasteiger partial charge is 1.00 e. The van der Waals surface area contributed by atoms with E-state index >= 15 is 0 Å². The number of nitrogens with zero attached hydrogens (tertiary/aromatic N) is 1. The number of nitrogens with one attached hydrogen (secondary N) is 2. The Kier molecular flexibility index (Phi) is 42.0. The van der Waals surface area contributed by atoms with Crippen molar-refractivity contribution < 1.29 is 88.7 Å². The van der Waals surface area contributed by atoms with Gasteiger partial charge in [0.05, 0.1) is 0 Å². The summed E-state index contributed by atoms with van der Waals surface area (Å²) in [5.41, 5.74) is 0. The van der Waals surface area contributed by atoms with Crippen LogP contribution in [0.1, 0.15) is 0 Å². The van der Waals surface area contributed by atoms with Crippen molar-refractivity contribution in [2.45, 2.75) is 0 Å². The fourth-order valence-electron chi connectivity index (χ4n) is 0.329. The molecule has 0 amide bonds. The third-order valence-electron chi connectivity index (χ3n) is 1.03. The van der Waals surface area contributed by atoms with Crippen LogP contribution >= 0.6 is 36.7 Å². The van der Waals surface area contributed by atoms with E-state index < -0.39 is 0 Å². The summed E-state index contributed by atoms with van der Waals surface area (Å²) in [6.07, 6.45) is 0. The first-order valence-electron chi connectivity index (χ1n) is 4.05. The molecule has 2 N–H and O–H groups in total. The average Bonchev–Trinajstić information content (AvgIpc) is 2.12. The molecule has 0 fully saturated rings. The van der Waals surface area contributed by atoms with Crippen LogP contribution in [0, 0.1) is 0 Å². The summed E-state index contributed by atoms with van der Waals surface area (Å²) in [5, 5.41) is 5.56. The van der Waals surface area contributed by atoms with Crippen molar-refractivity contribution in [1.82, 2.24) is 15.5 Å². The molecule has 0 heterocycles. The van der Waals surface area contributed by atoms with Gasteiger partial charge in [0, 0.05) is 27.2 Å². The Balaban J connectivity index is -0.0000000646. The number of rotatable bonds is 3. The molecule has 0 spiro atoms. The van der Waals surface area contributed by atoms with Gasteiger partial charge in [-0.05, 0) is 0 Å². The zero-order valence-corrected chi connectivity index (χ0v) is 22.7. The second-order valence-corrected chi connectivity index (χ2v) is 5.77. The Morgan fingerprint density at radius 1 is 0.842 bits per heavy atom. The van der Waals surface area contributed by atoms with Crippen molar-refractivity contribution in [2.75, 3.05) is 27.2 Å². The van der Waals surface area contributed by atoms with Crippen molar-refractivity contribution >= 4 is 87.5 Å². The van der Waals surface area contributed by atoms with Crippen LogP contribution in [-0.2, 0) is 37.9 Å². The van der Waals surface area contributed by atoms with Crippen LogP contribution < -0.4 is 99.3 Å². The van der Waals surface area contributed by atoms with Crippen LogP contribution in [0.15, 0.2) is 0 Å². The Hall–Kier alpha value is 3.33. The van der Waals surface area contributed by atoms with Gasteiger partial charge >= 0.3 is 88.7 Å². The third-order valence-corrected chi connectivity index (χ3v) is 2.34. The molecule has 0 aliphatic carbocycles. The van der Waals surface area contributed by atoms with Gasteiger partial charge in [-0.2, -0.15) is 0 Å². The van der Waals surface area contributed by atoms with E-state index in [9.17, 15) is 0 Å². The molecule has 0 rings (SSSR count). The minimum absolute atomic E-state index is 0. The first-order chi connectivity index (χ1) is 7.27. The summed E-state index contributed by atoms with van der Waals surface area (Å²) in [5.74, 6) is 0. The molecule has 0 aromatic heterocycles. The second kappa shape index (κ2) is 23.6. The van der Waals surface area contributed by atoms with Crippen molar-refractivity contribution in [1.29, 1.82) is 0 Å². The fraction of sp³-hybridized carbons (Fsp3) is 0.571. The molecule has 0 atom stereocenters. The molecule has 0 saturated heterocycles. The average molecular weight is 400 g/mol. The number of hydrogen-bond acceptors (Lipinski definition) is 6. The van der Waals surface area contributed by atoms with Gasteiger partial charge in [0.1, 0.15) is 0 Å². The monoisotopic (exact) mass is 399 g/mol. The first kappa shape index (κ1) is 33.8. The summed E-state index contributed by atoms with van der Waals surface area (Å²) in [4.78, 5) is 1.71. The van der Waals surface area contributed by atoms with E-state index in [1.165, 1.54) is 0 Å². The second-order valence-electron chi connectivity index (χ2n) is 2.59. The van der Waals surface area contributed by atoms with Crippen LogP contribution in [0.2, 0.25) is 0 Å². The molecule has 94 valence electrons. The van der Waals surface area contributed by atoms with Crippen molar-refractivity contribution in [3.05, 3.63) is 0 Å². The van der Waals surface area contributed by atoms with E-state index in [1.54, 1.807) is 4.90 Å². The molecule has 19 heavy (non-hydrogen) atoms. The van der Waals surface area contributed by atoms with Gasteiger partial charge in [0.25, 0.3) is 0 Å². The maximum absolute atomic E-state index is 4.59. The molecule has 0 aromatic rings. The quantitative estimate of drug-likeness (QED) is 0.208.